The first kappa shape index (κ1) is 15.6. The number of amides is 1. The highest BCUT2D eigenvalue weighted by molar-refractivity contribution is 6.30. The molecule has 0 radical (unpaired) electrons. The predicted molar refractivity (Wildman–Crippen MR) is 94.8 cm³/mol. The highest BCUT2D eigenvalue weighted by atomic mass is 35.5. The van der Waals surface area contributed by atoms with Gasteiger partial charge in [0, 0.05) is 16.1 Å². The molecule has 0 spiro atoms. The van der Waals surface area contributed by atoms with Gasteiger partial charge in [-0.05, 0) is 36.4 Å². The molecule has 4 rings (SSSR count). The summed E-state index contributed by atoms with van der Waals surface area (Å²) in [7, 11) is 1.30. The molecule has 124 valence electrons. The van der Waals surface area contributed by atoms with Crippen LogP contribution in [0.3, 0.4) is 0 Å². The monoisotopic (exact) mass is 352 g/mol. The Hall–Kier alpha value is -2.92. The van der Waals surface area contributed by atoms with Crippen LogP contribution in [0.15, 0.2) is 54.6 Å². The number of pyridine rings is 1. The number of nitrogens with zero attached hydrogens (tertiary/aromatic N) is 2. The first-order chi connectivity index (χ1) is 12.1. The van der Waals surface area contributed by atoms with Crippen molar-refractivity contribution in [2.45, 2.75) is 6.04 Å². The second kappa shape index (κ2) is 5.86. The summed E-state index contributed by atoms with van der Waals surface area (Å²) >= 11 is 5.93. The molecule has 0 fully saturated rings. The number of esters is 1. The van der Waals surface area contributed by atoms with Crippen LogP contribution < -0.4 is 4.90 Å². The number of para-hydroxylation sites is 1. The van der Waals surface area contributed by atoms with Crippen LogP contribution in [0.4, 0.5) is 5.69 Å². The molecule has 0 aliphatic carbocycles. The van der Waals surface area contributed by atoms with Crippen molar-refractivity contribution in [3.63, 3.8) is 0 Å². The zero-order valence-electron chi connectivity index (χ0n) is 13.3. The molecule has 1 unspecified atom stereocenters. The van der Waals surface area contributed by atoms with E-state index in [0.29, 0.717) is 22.0 Å². The summed E-state index contributed by atoms with van der Waals surface area (Å²) in [5.41, 5.74) is 2.10. The number of carbonyl (C=O) groups excluding carboxylic acids is 2. The quantitative estimate of drug-likeness (QED) is 0.659. The minimum Gasteiger partial charge on any atom is -0.467 e. The van der Waals surface area contributed by atoms with Gasteiger partial charge in [0.2, 0.25) is 0 Å². The number of aromatic nitrogens is 1. The van der Waals surface area contributed by atoms with Crippen LogP contribution >= 0.6 is 11.6 Å². The Balaban J connectivity index is 1.93. The lowest BCUT2D eigenvalue weighted by molar-refractivity contribution is -0.142. The molecule has 1 aromatic heterocycles. The van der Waals surface area contributed by atoms with E-state index in [1.54, 1.807) is 30.3 Å². The van der Waals surface area contributed by atoms with Gasteiger partial charge in [-0.3, -0.25) is 9.69 Å². The van der Waals surface area contributed by atoms with E-state index in [4.69, 9.17) is 16.3 Å². The number of anilines is 1. The van der Waals surface area contributed by atoms with E-state index in [1.165, 1.54) is 12.0 Å². The second-order valence-corrected chi connectivity index (χ2v) is 6.13. The van der Waals surface area contributed by atoms with Gasteiger partial charge < -0.3 is 4.74 Å². The number of ether oxygens (including phenoxy) is 1. The van der Waals surface area contributed by atoms with Gasteiger partial charge in [0.25, 0.3) is 5.91 Å². The SMILES string of the molecule is COC(=O)C1c2nc3ccccc3cc2C(=O)N1c1ccc(Cl)cc1. The smallest absolute Gasteiger partial charge is 0.335 e. The van der Waals surface area contributed by atoms with E-state index in [0.717, 1.165) is 10.9 Å². The Morgan fingerprint density at radius 1 is 1.16 bits per heavy atom. The molecule has 0 N–H and O–H groups in total. The number of carbonyl (C=O) groups is 2. The molecule has 6 heteroatoms. The number of fused-ring (bicyclic) bond motifs is 2. The lowest BCUT2D eigenvalue weighted by Gasteiger charge is -2.22. The molecule has 5 nitrogen and oxygen atoms in total. The van der Waals surface area contributed by atoms with E-state index in [1.807, 2.05) is 24.3 Å². The Labute approximate surface area is 148 Å². The van der Waals surface area contributed by atoms with Gasteiger partial charge in [0.15, 0.2) is 6.04 Å². The van der Waals surface area contributed by atoms with Gasteiger partial charge in [-0.2, -0.15) is 0 Å². The third kappa shape index (κ3) is 2.44. The number of hydrogen-bond donors (Lipinski definition) is 0. The van der Waals surface area contributed by atoms with Crippen molar-refractivity contribution in [2.24, 2.45) is 0 Å². The number of hydrogen-bond acceptors (Lipinski definition) is 4. The third-order valence-electron chi connectivity index (χ3n) is 4.25. The average molecular weight is 353 g/mol. The molecular formula is C19H13ClN2O3. The first-order valence-electron chi connectivity index (χ1n) is 7.67. The molecule has 25 heavy (non-hydrogen) atoms. The minimum atomic E-state index is -0.918. The fourth-order valence-corrected chi connectivity index (χ4v) is 3.20. The van der Waals surface area contributed by atoms with Crippen molar-refractivity contribution < 1.29 is 14.3 Å². The van der Waals surface area contributed by atoms with E-state index >= 15 is 0 Å². The van der Waals surface area contributed by atoms with Gasteiger partial charge in [-0.25, -0.2) is 9.78 Å². The zero-order valence-corrected chi connectivity index (χ0v) is 14.0. The van der Waals surface area contributed by atoms with Crippen LogP contribution in [0.25, 0.3) is 10.9 Å². The molecule has 0 bridgehead atoms. The van der Waals surface area contributed by atoms with Crippen molar-refractivity contribution >= 4 is 40.1 Å². The fraction of sp³-hybridized carbons (Fsp3) is 0.105. The first-order valence-corrected chi connectivity index (χ1v) is 8.04. The summed E-state index contributed by atoms with van der Waals surface area (Å²) in [6, 6.07) is 15.1. The topological polar surface area (TPSA) is 59.5 Å². The summed E-state index contributed by atoms with van der Waals surface area (Å²) in [5.74, 6) is -0.823. The highest BCUT2D eigenvalue weighted by Crippen LogP contribution is 2.38. The molecule has 2 aromatic carbocycles. The predicted octanol–water partition coefficient (Wildman–Crippen LogP) is 3.76. The summed E-state index contributed by atoms with van der Waals surface area (Å²) in [6.45, 7) is 0. The van der Waals surface area contributed by atoms with Crippen LogP contribution in [0.2, 0.25) is 5.02 Å². The van der Waals surface area contributed by atoms with E-state index < -0.39 is 12.0 Å². The van der Waals surface area contributed by atoms with Crippen molar-refractivity contribution in [2.75, 3.05) is 12.0 Å². The average Bonchev–Trinajstić information content (AvgIpc) is 2.92. The Morgan fingerprint density at radius 3 is 2.60 bits per heavy atom. The van der Waals surface area contributed by atoms with Crippen molar-refractivity contribution in [1.29, 1.82) is 0 Å². The fourth-order valence-electron chi connectivity index (χ4n) is 3.08. The van der Waals surface area contributed by atoms with E-state index in [9.17, 15) is 9.59 Å². The summed E-state index contributed by atoms with van der Waals surface area (Å²) < 4.78 is 4.93. The van der Waals surface area contributed by atoms with Crippen LogP contribution in [0, 0.1) is 0 Å². The van der Waals surface area contributed by atoms with Gasteiger partial charge in [0.1, 0.15) is 0 Å². The standard InChI is InChI=1S/C19H13ClN2O3/c1-25-19(24)17-16-14(10-11-4-2-3-5-15(11)21-16)18(23)22(17)13-8-6-12(20)7-9-13/h2-10,17H,1H3. The molecule has 2 heterocycles. The largest absolute Gasteiger partial charge is 0.467 e. The normalized spacial score (nSPS) is 16.2. The lowest BCUT2D eigenvalue weighted by Crippen LogP contribution is -2.33. The summed E-state index contributed by atoms with van der Waals surface area (Å²) in [5, 5.41) is 1.39. The molecule has 0 saturated heterocycles. The molecule has 3 aromatic rings. The van der Waals surface area contributed by atoms with Gasteiger partial charge in [-0.1, -0.05) is 29.8 Å². The van der Waals surface area contributed by atoms with Crippen LogP contribution in [0.5, 0.6) is 0 Å². The number of halogens is 1. The lowest BCUT2D eigenvalue weighted by atomic mass is 10.1. The Kier molecular flexibility index (Phi) is 3.66. The van der Waals surface area contributed by atoms with Gasteiger partial charge >= 0.3 is 5.97 Å². The summed E-state index contributed by atoms with van der Waals surface area (Å²) in [6.07, 6.45) is 0. The van der Waals surface area contributed by atoms with E-state index in [2.05, 4.69) is 4.98 Å². The van der Waals surface area contributed by atoms with Crippen molar-refractivity contribution in [3.8, 4) is 0 Å². The molecule has 1 atom stereocenters. The molecule has 1 amide bonds. The number of benzene rings is 2. The zero-order chi connectivity index (χ0) is 17.6. The second-order valence-electron chi connectivity index (χ2n) is 5.69. The van der Waals surface area contributed by atoms with E-state index in [-0.39, 0.29) is 5.91 Å². The van der Waals surface area contributed by atoms with Crippen LogP contribution in [-0.2, 0) is 9.53 Å². The van der Waals surface area contributed by atoms with Gasteiger partial charge in [-0.15, -0.1) is 0 Å². The molecule has 1 aliphatic rings. The van der Waals surface area contributed by atoms with Crippen LogP contribution in [0.1, 0.15) is 22.1 Å². The molecular weight excluding hydrogens is 340 g/mol. The molecule has 0 saturated carbocycles. The highest BCUT2D eigenvalue weighted by Gasteiger charge is 2.44. The van der Waals surface area contributed by atoms with Crippen molar-refractivity contribution in [1.82, 2.24) is 4.98 Å². The van der Waals surface area contributed by atoms with Crippen LogP contribution in [-0.4, -0.2) is 24.0 Å². The third-order valence-corrected chi connectivity index (χ3v) is 4.50. The Bertz CT molecular complexity index is 1000. The summed E-state index contributed by atoms with van der Waals surface area (Å²) in [4.78, 5) is 31.4. The number of rotatable bonds is 2. The van der Waals surface area contributed by atoms with Crippen molar-refractivity contribution in [3.05, 3.63) is 70.9 Å². The maximum absolute atomic E-state index is 13.0. The minimum absolute atomic E-state index is 0.286. The number of methoxy groups -OCH3 is 1. The molecule has 1 aliphatic heterocycles. The maximum Gasteiger partial charge on any atom is 0.335 e. The Morgan fingerprint density at radius 2 is 1.88 bits per heavy atom. The maximum atomic E-state index is 13.0. The van der Waals surface area contributed by atoms with Gasteiger partial charge in [0.05, 0.1) is 23.9 Å².